The van der Waals surface area contributed by atoms with E-state index in [1.807, 2.05) is 11.9 Å². The van der Waals surface area contributed by atoms with Crippen LogP contribution in [-0.4, -0.2) is 72.7 Å². The summed E-state index contributed by atoms with van der Waals surface area (Å²) in [4.78, 5) is 14.8. The van der Waals surface area contributed by atoms with E-state index in [-0.39, 0.29) is 23.4 Å². The van der Waals surface area contributed by atoms with Gasteiger partial charge >= 0.3 is 0 Å². The smallest absolute Gasteiger partial charge is 0.246 e. The van der Waals surface area contributed by atoms with Gasteiger partial charge in [0.25, 0.3) is 0 Å². The van der Waals surface area contributed by atoms with Crippen molar-refractivity contribution in [2.75, 3.05) is 33.4 Å². The molecule has 0 atom stereocenters. The number of carbonyl (C=O) groups excluding carboxylic acids is 1. The van der Waals surface area contributed by atoms with Crippen LogP contribution in [0.5, 0.6) is 0 Å². The largest absolute Gasteiger partial charge is 0.379 e. The van der Waals surface area contributed by atoms with Crippen LogP contribution in [0.2, 0.25) is 0 Å². The zero-order valence-corrected chi connectivity index (χ0v) is 17.3. The second-order valence-electron chi connectivity index (χ2n) is 7.47. The molecule has 1 saturated carbocycles. The molecule has 8 nitrogen and oxygen atoms in total. The molecule has 3 rings (SSSR count). The van der Waals surface area contributed by atoms with Crippen LogP contribution in [0.1, 0.15) is 43.5 Å². The van der Waals surface area contributed by atoms with Crippen LogP contribution >= 0.6 is 0 Å². The van der Waals surface area contributed by atoms with Gasteiger partial charge in [0.15, 0.2) is 0 Å². The maximum absolute atomic E-state index is 13.0. The first-order valence-electron chi connectivity index (χ1n) is 9.70. The number of hydrogen-bond donors (Lipinski definition) is 0. The summed E-state index contributed by atoms with van der Waals surface area (Å²) in [5, 5.41) is 4.37. The van der Waals surface area contributed by atoms with E-state index in [2.05, 4.69) is 5.10 Å². The van der Waals surface area contributed by atoms with E-state index in [0.717, 1.165) is 25.7 Å². The zero-order chi connectivity index (χ0) is 19.6. The Hall–Kier alpha value is -1.45. The van der Waals surface area contributed by atoms with Crippen LogP contribution in [-0.2, 0) is 26.1 Å². The number of amides is 1. The molecule has 152 valence electrons. The molecule has 2 aliphatic rings. The summed E-state index contributed by atoms with van der Waals surface area (Å²) in [6.45, 7) is 4.96. The lowest BCUT2D eigenvalue weighted by Crippen LogP contribution is -2.41. The molecule has 2 heterocycles. The molecule has 1 aromatic rings. The van der Waals surface area contributed by atoms with Crippen molar-refractivity contribution in [2.45, 2.75) is 63.4 Å². The highest BCUT2D eigenvalue weighted by molar-refractivity contribution is 7.89. The first-order valence-corrected chi connectivity index (χ1v) is 11.1. The summed E-state index contributed by atoms with van der Waals surface area (Å²) in [6, 6.07) is 0.278. The predicted molar refractivity (Wildman–Crippen MR) is 101 cm³/mol. The Morgan fingerprint density at radius 1 is 1.19 bits per heavy atom. The number of aryl methyl sites for hydroxylation is 1. The highest BCUT2D eigenvalue weighted by Gasteiger charge is 2.32. The summed E-state index contributed by atoms with van der Waals surface area (Å²) in [7, 11) is -1.79. The molecule has 0 aromatic carbocycles. The molecule has 1 saturated heterocycles. The Bertz CT molecular complexity index is 778. The lowest BCUT2D eigenvalue weighted by Gasteiger charge is -2.31. The van der Waals surface area contributed by atoms with Crippen LogP contribution in [0.25, 0.3) is 0 Å². The average Bonchev–Trinajstić information content (AvgIpc) is 2.96. The van der Waals surface area contributed by atoms with Crippen LogP contribution in [0.15, 0.2) is 4.90 Å². The van der Waals surface area contributed by atoms with Crippen molar-refractivity contribution in [1.82, 2.24) is 19.0 Å². The SMILES string of the molecule is Cc1nn(CC(=O)N(C)C2CCCCC2)c(C)c1S(=O)(=O)N1CCOCC1. The third kappa shape index (κ3) is 4.20. The molecule has 1 aliphatic heterocycles. The fourth-order valence-corrected chi connectivity index (χ4v) is 5.82. The topological polar surface area (TPSA) is 84.7 Å². The Morgan fingerprint density at radius 3 is 2.44 bits per heavy atom. The molecule has 0 radical (unpaired) electrons. The fraction of sp³-hybridized carbons (Fsp3) is 0.778. The second kappa shape index (κ2) is 8.28. The highest BCUT2D eigenvalue weighted by Crippen LogP contribution is 2.25. The second-order valence-corrected chi connectivity index (χ2v) is 9.35. The summed E-state index contributed by atoms with van der Waals surface area (Å²) in [6.07, 6.45) is 5.62. The summed E-state index contributed by atoms with van der Waals surface area (Å²) >= 11 is 0. The number of aromatic nitrogens is 2. The minimum absolute atomic E-state index is 0.0252. The van der Waals surface area contributed by atoms with Crippen molar-refractivity contribution in [2.24, 2.45) is 0 Å². The number of ether oxygens (including phenoxy) is 1. The van der Waals surface area contributed by atoms with E-state index in [1.54, 1.807) is 13.8 Å². The molecule has 27 heavy (non-hydrogen) atoms. The Balaban J connectivity index is 1.78. The molecular weight excluding hydrogens is 368 g/mol. The molecule has 1 aromatic heterocycles. The van der Waals surface area contributed by atoms with Gasteiger partial charge in [-0.1, -0.05) is 19.3 Å². The maximum Gasteiger partial charge on any atom is 0.246 e. The summed E-state index contributed by atoms with van der Waals surface area (Å²) in [5.74, 6) is -0.0252. The van der Waals surface area contributed by atoms with Gasteiger partial charge in [-0.3, -0.25) is 9.48 Å². The van der Waals surface area contributed by atoms with Crippen molar-refractivity contribution in [3.8, 4) is 0 Å². The number of likely N-dealkylation sites (N-methyl/N-ethyl adjacent to an activating group) is 1. The first-order chi connectivity index (χ1) is 12.8. The number of carbonyl (C=O) groups is 1. The van der Waals surface area contributed by atoms with Gasteiger partial charge < -0.3 is 9.64 Å². The Morgan fingerprint density at radius 2 is 1.81 bits per heavy atom. The van der Waals surface area contributed by atoms with Crippen LogP contribution in [0.4, 0.5) is 0 Å². The fourth-order valence-electron chi connectivity index (χ4n) is 4.04. The highest BCUT2D eigenvalue weighted by atomic mass is 32.2. The number of rotatable bonds is 5. The van der Waals surface area contributed by atoms with Crippen LogP contribution < -0.4 is 0 Å². The minimum Gasteiger partial charge on any atom is -0.379 e. The van der Waals surface area contributed by atoms with E-state index in [9.17, 15) is 13.2 Å². The summed E-state index contributed by atoms with van der Waals surface area (Å²) in [5.41, 5.74) is 0.955. The van der Waals surface area contributed by atoms with Gasteiger partial charge in [-0.25, -0.2) is 8.42 Å². The standard InChI is InChI=1S/C18H30N4O4S/c1-14-18(27(24,25)21-9-11-26-12-10-21)15(2)22(19-14)13-17(23)20(3)16-7-5-4-6-8-16/h16H,4-13H2,1-3H3. The third-order valence-electron chi connectivity index (χ3n) is 5.68. The number of sulfonamides is 1. The average molecular weight is 399 g/mol. The molecular formula is C18H30N4O4S. The number of hydrogen-bond acceptors (Lipinski definition) is 5. The number of nitrogens with zero attached hydrogens (tertiary/aromatic N) is 4. The van der Waals surface area contributed by atoms with E-state index < -0.39 is 10.0 Å². The molecule has 2 fully saturated rings. The Kier molecular flexibility index (Phi) is 6.22. The van der Waals surface area contributed by atoms with Gasteiger partial charge in [0, 0.05) is 26.2 Å². The molecule has 0 spiro atoms. The van der Waals surface area contributed by atoms with Gasteiger partial charge in [-0.15, -0.1) is 0 Å². The predicted octanol–water partition coefficient (Wildman–Crippen LogP) is 1.31. The van der Waals surface area contributed by atoms with Crippen LogP contribution in [0, 0.1) is 13.8 Å². The van der Waals surface area contributed by atoms with Crippen molar-refractivity contribution < 1.29 is 17.9 Å². The van der Waals surface area contributed by atoms with Crippen molar-refractivity contribution in [3.05, 3.63) is 11.4 Å². The molecule has 0 unspecified atom stereocenters. The van der Waals surface area contributed by atoms with Crippen LogP contribution in [0.3, 0.4) is 0 Å². The number of morpholine rings is 1. The van der Waals surface area contributed by atoms with Gasteiger partial charge in [-0.05, 0) is 26.7 Å². The molecule has 0 bridgehead atoms. The van der Waals surface area contributed by atoms with Gasteiger partial charge in [0.05, 0.1) is 24.6 Å². The lowest BCUT2D eigenvalue weighted by molar-refractivity contribution is -0.133. The molecule has 1 amide bonds. The third-order valence-corrected chi connectivity index (χ3v) is 7.84. The van der Waals surface area contributed by atoms with Gasteiger partial charge in [0.2, 0.25) is 15.9 Å². The van der Waals surface area contributed by atoms with Crippen molar-refractivity contribution >= 4 is 15.9 Å². The monoisotopic (exact) mass is 398 g/mol. The lowest BCUT2D eigenvalue weighted by atomic mass is 9.94. The maximum atomic E-state index is 13.0. The zero-order valence-electron chi connectivity index (χ0n) is 16.5. The summed E-state index contributed by atoms with van der Waals surface area (Å²) < 4.78 is 34.3. The normalized spacial score (nSPS) is 20.0. The molecule has 1 aliphatic carbocycles. The molecule has 9 heteroatoms. The van der Waals surface area contributed by atoms with E-state index in [4.69, 9.17) is 4.74 Å². The molecule has 0 N–H and O–H groups in total. The van der Waals surface area contributed by atoms with Crippen molar-refractivity contribution in [1.29, 1.82) is 0 Å². The quantitative estimate of drug-likeness (QED) is 0.747. The van der Waals surface area contributed by atoms with E-state index >= 15 is 0 Å². The van der Waals surface area contributed by atoms with Gasteiger partial charge in [-0.2, -0.15) is 9.40 Å². The van der Waals surface area contributed by atoms with Crippen molar-refractivity contribution in [3.63, 3.8) is 0 Å². The van der Waals surface area contributed by atoms with Gasteiger partial charge in [0.1, 0.15) is 11.4 Å². The van der Waals surface area contributed by atoms with E-state index in [0.29, 0.717) is 37.7 Å². The Labute approximate surface area is 161 Å². The van der Waals surface area contributed by atoms with E-state index in [1.165, 1.54) is 15.4 Å². The first kappa shape index (κ1) is 20.3. The minimum atomic E-state index is -3.63.